The van der Waals surface area contributed by atoms with Crippen LogP contribution in [-0.2, 0) is 11.3 Å². The Balaban J connectivity index is 1.70. The van der Waals surface area contributed by atoms with Crippen molar-refractivity contribution in [3.63, 3.8) is 0 Å². The van der Waals surface area contributed by atoms with Gasteiger partial charge >= 0.3 is 0 Å². The third-order valence-corrected chi connectivity index (χ3v) is 3.69. The highest BCUT2D eigenvalue weighted by Crippen LogP contribution is 2.31. The van der Waals surface area contributed by atoms with Crippen LogP contribution in [0.25, 0.3) is 0 Å². The van der Waals surface area contributed by atoms with Crippen molar-refractivity contribution in [2.75, 3.05) is 13.2 Å². The lowest BCUT2D eigenvalue weighted by Crippen LogP contribution is -2.46. The molecule has 3 rings (SSSR count). The number of carbonyl (C=O) groups excluding carboxylic acids is 1. The Morgan fingerprint density at radius 1 is 1.09 bits per heavy atom. The SMILES string of the molecule is CCN(Cc1ccccc1)C(=O)C1COc2ccccc2O1. The quantitative estimate of drug-likeness (QED) is 0.871. The van der Waals surface area contributed by atoms with Crippen LogP contribution in [0.4, 0.5) is 0 Å². The predicted octanol–water partition coefficient (Wildman–Crippen LogP) is 2.88. The average Bonchev–Trinajstić information content (AvgIpc) is 2.59. The standard InChI is InChI=1S/C18H19NO3/c1-2-19(12-14-8-4-3-5-9-14)18(20)17-13-21-15-10-6-7-11-16(15)22-17/h3-11,17H,2,12-13H2,1H3. The summed E-state index contributed by atoms with van der Waals surface area (Å²) in [6.45, 7) is 3.44. The van der Waals surface area contributed by atoms with Gasteiger partial charge in [-0.05, 0) is 24.6 Å². The lowest BCUT2D eigenvalue weighted by molar-refractivity contribution is -0.141. The summed E-state index contributed by atoms with van der Waals surface area (Å²) in [5.41, 5.74) is 1.11. The number of hydrogen-bond acceptors (Lipinski definition) is 3. The van der Waals surface area contributed by atoms with Crippen LogP contribution in [0.5, 0.6) is 11.5 Å². The van der Waals surface area contributed by atoms with Crippen LogP contribution in [-0.4, -0.2) is 30.1 Å². The van der Waals surface area contributed by atoms with Gasteiger partial charge in [0, 0.05) is 13.1 Å². The molecular weight excluding hydrogens is 278 g/mol. The first kappa shape index (κ1) is 14.4. The van der Waals surface area contributed by atoms with E-state index in [-0.39, 0.29) is 12.5 Å². The van der Waals surface area contributed by atoms with Crippen molar-refractivity contribution >= 4 is 5.91 Å². The van der Waals surface area contributed by atoms with Gasteiger partial charge in [-0.25, -0.2) is 0 Å². The molecule has 0 saturated heterocycles. The molecule has 1 atom stereocenters. The van der Waals surface area contributed by atoms with Crippen LogP contribution in [0.2, 0.25) is 0 Å². The number of fused-ring (bicyclic) bond motifs is 1. The largest absolute Gasteiger partial charge is 0.485 e. The molecule has 4 nitrogen and oxygen atoms in total. The Kier molecular flexibility index (Phi) is 4.28. The summed E-state index contributed by atoms with van der Waals surface area (Å²) in [5.74, 6) is 1.28. The van der Waals surface area contributed by atoms with Crippen LogP contribution in [0.1, 0.15) is 12.5 Å². The second kappa shape index (κ2) is 6.52. The summed E-state index contributed by atoms with van der Waals surface area (Å²) in [6, 6.07) is 17.4. The van der Waals surface area contributed by atoms with Gasteiger partial charge in [-0.1, -0.05) is 42.5 Å². The van der Waals surface area contributed by atoms with Gasteiger partial charge in [-0.2, -0.15) is 0 Å². The molecule has 4 heteroatoms. The Bertz CT molecular complexity index is 638. The van der Waals surface area contributed by atoms with Crippen LogP contribution < -0.4 is 9.47 Å². The highest BCUT2D eigenvalue weighted by molar-refractivity contribution is 5.82. The van der Waals surface area contributed by atoms with Gasteiger partial charge < -0.3 is 14.4 Å². The fraction of sp³-hybridized carbons (Fsp3) is 0.278. The smallest absolute Gasteiger partial charge is 0.267 e. The van der Waals surface area contributed by atoms with E-state index in [9.17, 15) is 4.79 Å². The molecule has 0 N–H and O–H groups in total. The number of ether oxygens (including phenoxy) is 2. The van der Waals surface area contributed by atoms with Crippen LogP contribution in [0.3, 0.4) is 0 Å². The highest BCUT2D eigenvalue weighted by Gasteiger charge is 2.30. The third kappa shape index (κ3) is 3.06. The van der Waals surface area contributed by atoms with E-state index in [4.69, 9.17) is 9.47 Å². The molecule has 2 aromatic carbocycles. The second-order valence-corrected chi connectivity index (χ2v) is 5.20. The van der Waals surface area contributed by atoms with Crippen LogP contribution in [0, 0.1) is 0 Å². The monoisotopic (exact) mass is 297 g/mol. The first-order chi connectivity index (χ1) is 10.8. The summed E-state index contributed by atoms with van der Waals surface area (Å²) in [4.78, 5) is 14.5. The molecule has 1 amide bonds. The van der Waals surface area contributed by atoms with Crippen molar-refractivity contribution in [3.8, 4) is 11.5 Å². The molecule has 0 spiro atoms. The Hall–Kier alpha value is -2.49. The summed E-state index contributed by atoms with van der Waals surface area (Å²) in [5, 5.41) is 0. The number of carbonyl (C=O) groups is 1. The molecule has 0 radical (unpaired) electrons. The van der Waals surface area contributed by atoms with Crippen LogP contribution in [0.15, 0.2) is 54.6 Å². The Morgan fingerprint density at radius 2 is 1.77 bits per heavy atom. The van der Waals surface area contributed by atoms with Crippen molar-refractivity contribution < 1.29 is 14.3 Å². The molecule has 22 heavy (non-hydrogen) atoms. The van der Waals surface area contributed by atoms with E-state index in [1.54, 1.807) is 4.90 Å². The van der Waals surface area contributed by atoms with Gasteiger partial charge in [0.05, 0.1) is 0 Å². The predicted molar refractivity (Wildman–Crippen MR) is 83.9 cm³/mol. The number of hydrogen-bond donors (Lipinski definition) is 0. The first-order valence-electron chi connectivity index (χ1n) is 7.49. The van der Waals surface area contributed by atoms with E-state index in [1.165, 1.54) is 0 Å². The summed E-state index contributed by atoms with van der Waals surface area (Å²) < 4.78 is 11.4. The fourth-order valence-corrected chi connectivity index (χ4v) is 2.49. The molecule has 114 valence electrons. The molecule has 2 aromatic rings. The van der Waals surface area contributed by atoms with Gasteiger partial charge in [0.2, 0.25) is 6.10 Å². The minimum atomic E-state index is -0.585. The van der Waals surface area contributed by atoms with E-state index in [0.717, 1.165) is 5.56 Å². The number of benzene rings is 2. The van der Waals surface area contributed by atoms with Gasteiger partial charge in [0.15, 0.2) is 11.5 Å². The molecule has 1 aliphatic rings. The van der Waals surface area contributed by atoms with Crippen molar-refractivity contribution in [1.82, 2.24) is 4.90 Å². The normalized spacial score (nSPS) is 16.1. The van der Waals surface area contributed by atoms with Gasteiger partial charge in [-0.3, -0.25) is 4.79 Å². The topological polar surface area (TPSA) is 38.8 Å². The van der Waals surface area contributed by atoms with E-state index in [1.807, 2.05) is 61.5 Å². The second-order valence-electron chi connectivity index (χ2n) is 5.20. The molecule has 0 fully saturated rings. The maximum atomic E-state index is 12.7. The molecule has 0 aromatic heterocycles. The average molecular weight is 297 g/mol. The number of nitrogens with zero attached hydrogens (tertiary/aromatic N) is 1. The molecule has 0 aliphatic carbocycles. The lowest BCUT2D eigenvalue weighted by atomic mass is 10.2. The van der Waals surface area contributed by atoms with Gasteiger partial charge in [0.1, 0.15) is 6.61 Å². The van der Waals surface area contributed by atoms with Crippen molar-refractivity contribution in [2.24, 2.45) is 0 Å². The number of rotatable bonds is 4. The van der Waals surface area contributed by atoms with Crippen LogP contribution >= 0.6 is 0 Å². The molecule has 1 heterocycles. The van der Waals surface area contributed by atoms with E-state index in [2.05, 4.69) is 0 Å². The molecule has 0 bridgehead atoms. The zero-order valence-corrected chi connectivity index (χ0v) is 12.6. The lowest BCUT2D eigenvalue weighted by Gasteiger charge is -2.30. The van der Waals surface area contributed by atoms with Gasteiger partial charge in [0.25, 0.3) is 5.91 Å². The molecular formula is C18H19NO3. The first-order valence-corrected chi connectivity index (χ1v) is 7.49. The van der Waals surface area contributed by atoms with Gasteiger partial charge in [-0.15, -0.1) is 0 Å². The number of likely N-dealkylation sites (N-methyl/N-ethyl adjacent to an activating group) is 1. The van der Waals surface area contributed by atoms with E-state index >= 15 is 0 Å². The minimum absolute atomic E-state index is 0.0409. The Labute approximate surface area is 130 Å². The summed E-state index contributed by atoms with van der Waals surface area (Å²) in [6.07, 6.45) is -0.585. The summed E-state index contributed by atoms with van der Waals surface area (Å²) in [7, 11) is 0. The number of para-hydroxylation sites is 2. The van der Waals surface area contributed by atoms with E-state index < -0.39 is 6.10 Å². The third-order valence-electron chi connectivity index (χ3n) is 3.69. The van der Waals surface area contributed by atoms with Crippen molar-refractivity contribution in [2.45, 2.75) is 19.6 Å². The Morgan fingerprint density at radius 3 is 2.50 bits per heavy atom. The highest BCUT2D eigenvalue weighted by atomic mass is 16.6. The molecule has 1 aliphatic heterocycles. The zero-order chi connectivity index (χ0) is 15.4. The van der Waals surface area contributed by atoms with Crippen molar-refractivity contribution in [3.05, 3.63) is 60.2 Å². The fourth-order valence-electron chi connectivity index (χ4n) is 2.49. The molecule has 1 unspecified atom stereocenters. The maximum Gasteiger partial charge on any atom is 0.267 e. The maximum absolute atomic E-state index is 12.7. The number of amides is 1. The summed E-state index contributed by atoms with van der Waals surface area (Å²) >= 11 is 0. The molecule has 0 saturated carbocycles. The minimum Gasteiger partial charge on any atom is -0.485 e. The van der Waals surface area contributed by atoms with Crippen molar-refractivity contribution in [1.29, 1.82) is 0 Å². The zero-order valence-electron chi connectivity index (χ0n) is 12.6. The van der Waals surface area contributed by atoms with E-state index in [0.29, 0.717) is 24.6 Å².